The first-order valence-corrected chi connectivity index (χ1v) is 6.45. The minimum Gasteiger partial charge on any atom is -0.360 e. The van der Waals surface area contributed by atoms with Crippen molar-refractivity contribution in [3.63, 3.8) is 0 Å². The van der Waals surface area contributed by atoms with Gasteiger partial charge in [-0.25, -0.2) is 4.98 Å². The first kappa shape index (κ1) is 12.1. The lowest BCUT2D eigenvalue weighted by Gasteiger charge is -2.28. The van der Waals surface area contributed by atoms with Crippen molar-refractivity contribution in [2.45, 2.75) is 58.0 Å². The summed E-state index contributed by atoms with van der Waals surface area (Å²) in [6.07, 6.45) is 7.68. The molecule has 0 unspecified atom stereocenters. The van der Waals surface area contributed by atoms with Gasteiger partial charge in [0.15, 0.2) is 5.82 Å². The van der Waals surface area contributed by atoms with Crippen molar-refractivity contribution in [1.82, 2.24) is 9.55 Å². The predicted octanol–water partition coefficient (Wildman–Crippen LogP) is 2.57. The largest absolute Gasteiger partial charge is 0.360 e. The van der Waals surface area contributed by atoms with Crippen LogP contribution in [0.2, 0.25) is 0 Å². The minimum atomic E-state index is -0.0467. The van der Waals surface area contributed by atoms with Gasteiger partial charge in [-0.1, -0.05) is 13.8 Å². The summed E-state index contributed by atoms with van der Waals surface area (Å²) in [5.41, 5.74) is -0.0299. The van der Waals surface area contributed by atoms with Gasteiger partial charge in [-0.05, 0) is 32.6 Å². The predicted molar refractivity (Wildman–Crippen MR) is 69.4 cm³/mol. The number of rotatable bonds is 5. The van der Waals surface area contributed by atoms with E-state index in [0.29, 0.717) is 11.9 Å². The van der Waals surface area contributed by atoms with E-state index in [-0.39, 0.29) is 11.1 Å². The molecule has 0 saturated heterocycles. The first-order chi connectivity index (χ1) is 8.09. The molecule has 0 atom stereocenters. The summed E-state index contributed by atoms with van der Waals surface area (Å²) in [5.74, 6) is 0.491. The third-order valence-electron chi connectivity index (χ3n) is 3.79. The van der Waals surface area contributed by atoms with Gasteiger partial charge in [0.2, 0.25) is 0 Å². The zero-order chi connectivity index (χ0) is 12.5. The standard InChI is InChI=1S/C13H21N3O/c1-4-13(3,5-2)15-11-12(17)16(9-8-14-11)10-6-7-10/h8-10H,4-7H2,1-3H3,(H,14,15). The molecule has 1 aromatic heterocycles. The van der Waals surface area contributed by atoms with Gasteiger partial charge in [0, 0.05) is 24.0 Å². The van der Waals surface area contributed by atoms with Crippen LogP contribution in [0.3, 0.4) is 0 Å². The van der Waals surface area contributed by atoms with Crippen LogP contribution >= 0.6 is 0 Å². The van der Waals surface area contributed by atoms with Gasteiger partial charge in [0.25, 0.3) is 5.56 Å². The highest BCUT2D eigenvalue weighted by Gasteiger charge is 2.27. The molecular formula is C13H21N3O. The second-order valence-electron chi connectivity index (χ2n) is 5.11. The van der Waals surface area contributed by atoms with Crippen molar-refractivity contribution in [3.05, 3.63) is 22.7 Å². The van der Waals surface area contributed by atoms with E-state index in [0.717, 1.165) is 25.7 Å². The molecule has 1 fully saturated rings. The summed E-state index contributed by atoms with van der Waals surface area (Å²) < 4.78 is 1.81. The molecule has 0 bridgehead atoms. The van der Waals surface area contributed by atoms with Crippen molar-refractivity contribution in [3.8, 4) is 0 Å². The summed E-state index contributed by atoms with van der Waals surface area (Å²) in [5, 5.41) is 3.30. The quantitative estimate of drug-likeness (QED) is 0.853. The molecule has 0 aliphatic heterocycles. The number of nitrogens with zero attached hydrogens (tertiary/aromatic N) is 2. The van der Waals surface area contributed by atoms with Gasteiger partial charge >= 0.3 is 0 Å². The Labute approximate surface area is 102 Å². The van der Waals surface area contributed by atoms with E-state index in [1.54, 1.807) is 17.0 Å². The zero-order valence-electron chi connectivity index (χ0n) is 10.9. The molecule has 0 radical (unpaired) electrons. The molecule has 1 aliphatic rings. The van der Waals surface area contributed by atoms with E-state index in [1.807, 2.05) is 0 Å². The summed E-state index contributed by atoms with van der Waals surface area (Å²) in [6, 6.07) is 0.403. The maximum Gasteiger partial charge on any atom is 0.293 e. The lowest BCUT2D eigenvalue weighted by molar-refractivity contribution is 0.474. The van der Waals surface area contributed by atoms with Gasteiger partial charge in [-0.3, -0.25) is 4.79 Å². The summed E-state index contributed by atoms with van der Waals surface area (Å²) in [6.45, 7) is 6.38. The lowest BCUT2D eigenvalue weighted by atomic mass is 9.96. The number of anilines is 1. The van der Waals surface area contributed by atoms with Crippen LogP contribution in [-0.4, -0.2) is 15.1 Å². The molecule has 1 aliphatic carbocycles. The van der Waals surface area contributed by atoms with Crippen molar-refractivity contribution >= 4 is 5.82 Å². The summed E-state index contributed by atoms with van der Waals surface area (Å²) in [7, 11) is 0. The SMILES string of the molecule is CCC(C)(CC)Nc1nccn(C2CC2)c1=O. The highest BCUT2D eigenvalue weighted by molar-refractivity contribution is 5.34. The average molecular weight is 235 g/mol. The molecule has 0 amide bonds. The topological polar surface area (TPSA) is 46.9 Å². The molecule has 1 saturated carbocycles. The van der Waals surface area contributed by atoms with Crippen LogP contribution in [0.4, 0.5) is 5.82 Å². The van der Waals surface area contributed by atoms with Crippen LogP contribution in [0.25, 0.3) is 0 Å². The third-order valence-corrected chi connectivity index (χ3v) is 3.79. The van der Waals surface area contributed by atoms with Crippen molar-refractivity contribution in [1.29, 1.82) is 0 Å². The molecular weight excluding hydrogens is 214 g/mol. The number of aromatic nitrogens is 2. The molecule has 0 spiro atoms. The van der Waals surface area contributed by atoms with Gasteiger partial charge in [-0.15, -0.1) is 0 Å². The molecule has 1 heterocycles. The highest BCUT2D eigenvalue weighted by atomic mass is 16.1. The Bertz CT molecular complexity index is 444. The Morgan fingerprint density at radius 3 is 2.65 bits per heavy atom. The fourth-order valence-corrected chi connectivity index (χ4v) is 1.86. The van der Waals surface area contributed by atoms with Crippen LogP contribution in [0.1, 0.15) is 52.5 Å². The Morgan fingerprint density at radius 2 is 2.12 bits per heavy atom. The molecule has 1 aromatic rings. The molecule has 4 nitrogen and oxygen atoms in total. The van der Waals surface area contributed by atoms with Crippen LogP contribution in [0.15, 0.2) is 17.2 Å². The molecule has 0 aromatic carbocycles. The molecule has 1 N–H and O–H groups in total. The highest BCUT2D eigenvalue weighted by Crippen LogP contribution is 2.33. The Balaban J connectivity index is 2.27. The molecule has 4 heteroatoms. The third kappa shape index (κ3) is 2.51. The van der Waals surface area contributed by atoms with E-state index in [4.69, 9.17) is 0 Å². The monoisotopic (exact) mass is 235 g/mol. The van der Waals surface area contributed by atoms with Gasteiger partial charge < -0.3 is 9.88 Å². The normalized spacial score (nSPS) is 15.9. The Morgan fingerprint density at radius 1 is 1.47 bits per heavy atom. The van der Waals surface area contributed by atoms with Crippen molar-refractivity contribution in [2.24, 2.45) is 0 Å². The molecule has 2 rings (SSSR count). The fraction of sp³-hybridized carbons (Fsp3) is 0.692. The Kier molecular flexibility index (Phi) is 3.22. The molecule has 94 valence electrons. The van der Waals surface area contributed by atoms with Crippen LogP contribution < -0.4 is 10.9 Å². The number of nitrogens with one attached hydrogen (secondary N) is 1. The average Bonchev–Trinajstić information content (AvgIpc) is 3.16. The maximum absolute atomic E-state index is 12.2. The van der Waals surface area contributed by atoms with Gasteiger partial charge in [-0.2, -0.15) is 0 Å². The Hall–Kier alpha value is -1.32. The van der Waals surface area contributed by atoms with Crippen molar-refractivity contribution < 1.29 is 0 Å². The van der Waals surface area contributed by atoms with Crippen LogP contribution in [0, 0.1) is 0 Å². The lowest BCUT2D eigenvalue weighted by Crippen LogP contribution is -2.37. The minimum absolute atomic E-state index is 0.0168. The van der Waals surface area contributed by atoms with Gasteiger partial charge in [0.1, 0.15) is 0 Å². The summed E-state index contributed by atoms with van der Waals surface area (Å²) in [4.78, 5) is 16.4. The second kappa shape index (κ2) is 4.51. The zero-order valence-corrected chi connectivity index (χ0v) is 10.9. The van der Waals surface area contributed by atoms with Gasteiger partial charge in [0.05, 0.1) is 0 Å². The second-order valence-corrected chi connectivity index (χ2v) is 5.11. The smallest absolute Gasteiger partial charge is 0.293 e. The van der Waals surface area contributed by atoms with Crippen LogP contribution in [0.5, 0.6) is 0 Å². The molecule has 17 heavy (non-hydrogen) atoms. The summed E-state index contributed by atoms with van der Waals surface area (Å²) >= 11 is 0. The van der Waals surface area contributed by atoms with Crippen LogP contribution in [-0.2, 0) is 0 Å². The van der Waals surface area contributed by atoms with E-state index in [2.05, 4.69) is 31.1 Å². The fourth-order valence-electron chi connectivity index (χ4n) is 1.86. The number of hydrogen-bond donors (Lipinski definition) is 1. The van der Waals surface area contributed by atoms with E-state index >= 15 is 0 Å². The van der Waals surface area contributed by atoms with E-state index in [1.165, 1.54) is 0 Å². The van der Waals surface area contributed by atoms with E-state index < -0.39 is 0 Å². The maximum atomic E-state index is 12.2. The van der Waals surface area contributed by atoms with E-state index in [9.17, 15) is 4.79 Å². The first-order valence-electron chi connectivity index (χ1n) is 6.45. The van der Waals surface area contributed by atoms with Crippen molar-refractivity contribution in [2.75, 3.05) is 5.32 Å². The number of hydrogen-bond acceptors (Lipinski definition) is 3.